The van der Waals surface area contributed by atoms with Crippen molar-refractivity contribution in [2.24, 2.45) is 0 Å². The Hall–Kier alpha value is -2.33. The van der Waals surface area contributed by atoms with Gasteiger partial charge in [-0.15, -0.1) is 0 Å². The van der Waals surface area contributed by atoms with Gasteiger partial charge in [0.1, 0.15) is 12.1 Å². The summed E-state index contributed by atoms with van der Waals surface area (Å²) in [5.41, 5.74) is 2.48. The molecule has 3 heterocycles. The highest BCUT2D eigenvalue weighted by Gasteiger charge is 2.40. The van der Waals surface area contributed by atoms with Crippen LogP contribution < -0.4 is 16.0 Å². The van der Waals surface area contributed by atoms with Crippen LogP contribution in [0.5, 0.6) is 0 Å². The van der Waals surface area contributed by atoms with Crippen molar-refractivity contribution in [3.05, 3.63) is 34.9 Å². The minimum absolute atomic E-state index is 0.0198. The number of fused-ring (bicyclic) bond motifs is 1. The molecule has 9 heteroatoms. The summed E-state index contributed by atoms with van der Waals surface area (Å²) in [4.78, 5) is 38.4. The van der Waals surface area contributed by atoms with Gasteiger partial charge in [0.2, 0.25) is 11.8 Å². The molecule has 0 saturated carbocycles. The molecule has 2 saturated heterocycles. The van der Waals surface area contributed by atoms with Crippen molar-refractivity contribution in [1.82, 2.24) is 20.9 Å². The minimum Gasteiger partial charge on any atom is -0.377 e. The van der Waals surface area contributed by atoms with Gasteiger partial charge in [0.25, 0.3) is 5.91 Å². The Morgan fingerprint density at radius 3 is 2.77 bits per heavy atom. The van der Waals surface area contributed by atoms with Gasteiger partial charge >= 0.3 is 0 Å². The lowest BCUT2D eigenvalue weighted by Gasteiger charge is -2.29. The molecule has 9 nitrogen and oxygen atoms in total. The van der Waals surface area contributed by atoms with Crippen molar-refractivity contribution >= 4 is 17.7 Å². The van der Waals surface area contributed by atoms with Crippen LogP contribution >= 0.6 is 0 Å². The summed E-state index contributed by atoms with van der Waals surface area (Å²) in [5, 5.41) is 9.16. The molecule has 0 spiro atoms. The molecule has 4 atom stereocenters. The van der Waals surface area contributed by atoms with E-state index in [0.29, 0.717) is 31.6 Å². The highest BCUT2D eigenvalue weighted by molar-refractivity contribution is 6.05. The normalized spacial score (nSPS) is 28.7. The number of hydrogen-bond acceptors (Lipinski definition) is 7. The van der Waals surface area contributed by atoms with Gasteiger partial charge in [-0.25, -0.2) is 0 Å². The molecular weight excluding hydrogens is 388 g/mol. The maximum absolute atomic E-state index is 13.1. The molecule has 0 bridgehead atoms. The predicted octanol–water partition coefficient (Wildman–Crippen LogP) is -0.461. The topological polar surface area (TPSA) is 109 Å². The molecule has 0 radical (unpaired) electrons. The van der Waals surface area contributed by atoms with E-state index in [2.05, 4.69) is 16.0 Å². The molecule has 30 heavy (non-hydrogen) atoms. The van der Waals surface area contributed by atoms with E-state index < -0.39 is 11.9 Å². The summed E-state index contributed by atoms with van der Waals surface area (Å²) in [7, 11) is 3.37. The maximum atomic E-state index is 13.1. The van der Waals surface area contributed by atoms with Gasteiger partial charge in [-0.1, -0.05) is 18.2 Å². The molecule has 1 aromatic carbocycles. The molecule has 162 valence electrons. The zero-order valence-electron chi connectivity index (χ0n) is 17.3. The fraction of sp³-hybridized carbons (Fsp3) is 0.571. The molecule has 0 aromatic heterocycles. The van der Waals surface area contributed by atoms with Crippen LogP contribution in [-0.4, -0.2) is 74.2 Å². The largest absolute Gasteiger partial charge is 0.377 e. The van der Waals surface area contributed by atoms with Crippen LogP contribution in [0.4, 0.5) is 0 Å². The first-order chi connectivity index (χ1) is 14.5. The van der Waals surface area contributed by atoms with Crippen molar-refractivity contribution in [2.45, 2.75) is 50.2 Å². The van der Waals surface area contributed by atoms with Crippen LogP contribution in [0.25, 0.3) is 0 Å². The van der Waals surface area contributed by atoms with E-state index in [9.17, 15) is 14.4 Å². The first-order valence-corrected chi connectivity index (χ1v) is 10.3. The zero-order valence-corrected chi connectivity index (χ0v) is 17.3. The number of methoxy groups -OCH3 is 2. The predicted molar refractivity (Wildman–Crippen MR) is 108 cm³/mol. The lowest BCUT2D eigenvalue weighted by atomic mass is 10.0. The Labute approximate surface area is 175 Å². The molecule has 3 aliphatic rings. The zero-order chi connectivity index (χ0) is 21.3. The lowest BCUT2D eigenvalue weighted by molar-refractivity contribution is -0.136. The van der Waals surface area contributed by atoms with Crippen LogP contribution in [0.2, 0.25) is 0 Å². The van der Waals surface area contributed by atoms with E-state index in [1.54, 1.807) is 19.1 Å². The number of hydrogen-bond donors (Lipinski definition) is 3. The number of ether oxygens (including phenoxy) is 2. The van der Waals surface area contributed by atoms with Crippen LogP contribution in [0, 0.1) is 0 Å². The molecule has 1 unspecified atom stereocenters. The van der Waals surface area contributed by atoms with Gasteiger partial charge in [0, 0.05) is 58.4 Å². The maximum Gasteiger partial charge on any atom is 0.255 e. The number of imide groups is 1. The molecular formula is C21H28N4O5. The first kappa shape index (κ1) is 20.9. The average molecular weight is 416 g/mol. The Morgan fingerprint density at radius 1 is 1.20 bits per heavy atom. The summed E-state index contributed by atoms with van der Waals surface area (Å²) < 4.78 is 11.0. The molecule has 4 rings (SSSR count). The van der Waals surface area contributed by atoms with E-state index in [1.807, 2.05) is 18.2 Å². The Morgan fingerprint density at radius 2 is 2.03 bits per heavy atom. The fourth-order valence-electron chi connectivity index (χ4n) is 4.68. The fourth-order valence-corrected chi connectivity index (χ4v) is 4.68. The summed E-state index contributed by atoms with van der Waals surface area (Å²) in [6, 6.07) is 5.31. The summed E-state index contributed by atoms with van der Waals surface area (Å²) in [6.45, 7) is 2.33. The van der Waals surface area contributed by atoms with Gasteiger partial charge in [0.05, 0.1) is 6.10 Å². The first-order valence-electron chi connectivity index (χ1n) is 10.3. The third-order valence-electron chi connectivity index (χ3n) is 6.24. The minimum atomic E-state index is -0.598. The quantitative estimate of drug-likeness (QED) is 0.516. The van der Waals surface area contributed by atoms with Crippen molar-refractivity contribution in [2.75, 3.05) is 27.3 Å². The van der Waals surface area contributed by atoms with E-state index >= 15 is 0 Å². The van der Waals surface area contributed by atoms with Gasteiger partial charge in [-0.3, -0.25) is 19.7 Å². The highest BCUT2D eigenvalue weighted by Crippen LogP contribution is 2.29. The monoisotopic (exact) mass is 416 g/mol. The smallest absolute Gasteiger partial charge is 0.255 e. The highest BCUT2D eigenvalue weighted by atomic mass is 16.5. The third-order valence-corrected chi connectivity index (χ3v) is 6.24. The van der Waals surface area contributed by atoms with Crippen molar-refractivity contribution in [3.8, 4) is 0 Å². The Kier molecular flexibility index (Phi) is 6.14. The van der Waals surface area contributed by atoms with Gasteiger partial charge in [-0.05, 0) is 17.5 Å². The second-order valence-electron chi connectivity index (χ2n) is 7.97. The van der Waals surface area contributed by atoms with E-state index in [-0.39, 0.29) is 36.5 Å². The third kappa shape index (κ3) is 3.85. The second-order valence-corrected chi connectivity index (χ2v) is 7.97. The van der Waals surface area contributed by atoms with E-state index in [0.717, 1.165) is 17.7 Å². The molecule has 3 aliphatic heterocycles. The molecule has 3 amide bonds. The van der Waals surface area contributed by atoms with Crippen molar-refractivity contribution < 1.29 is 23.9 Å². The summed E-state index contributed by atoms with van der Waals surface area (Å²) in [6.07, 6.45) is 0.604. The standard InChI is InChI=1S/C21H28N4O5/c1-29-16-10-23-14(19(16)30-2)9-22-8-12-4-3-5-13-11-25(21(28)18(12)13)15-6-7-17(26)24-20(15)27/h3-5,14-16,19,22-23H,6-11H2,1-2H3,(H,24,26,27)/t14-,15?,16+,19-/m0/s1. The number of rotatable bonds is 7. The lowest BCUT2D eigenvalue weighted by Crippen LogP contribution is -2.52. The number of nitrogens with one attached hydrogen (secondary N) is 3. The molecule has 2 fully saturated rings. The number of carbonyl (C=O) groups is 3. The van der Waals surface area contributed by atoms with Crippen LogP contribution in [0.3, 0.4) is 0 Å². The number of piperidine rings is 1. The van der Waals surface area contributed by atoms with Crippen LogP contribution in [-0.2, 0) is 32.2 Å². The molecule has 1 aromatic rings. The van der Waals surface area contributed by atoms with Gasteiger partial charge < -0.3 is 25.0 Å². The van der Waals surface area contributed by atoms with Crippen molar-refractivity contribution in [1.29, 1.82) is 0 Å². The number of nitrogens with zero attached hydrogens (tertiary/aromatic N) is 1. The van der Waals surface area contributed by atoms with Gasteiger partial charge in [-0.2, -0.15) is 0 Å². The van der Waals surface area contributed by atoms with E-state index in [4.69, 9.17) is 9.47 Å². The summed E-state index contributed by atoms with van der Waals surface area (Å²) in [5.74, 6) is -0.821. The van der Waals surface area contributed by atoms with Crippen LogP contribution in [0.1, 0.15) is 34.3 Å². The second kappa shape index (κ2) is 8.81. The van der Waals surface area contributed by atoms with Crippen LogP contribution in [0.15, 0.2) is 18.2 Å². The summed E-state index contributed by atoms with van der Waals surface area (Å²) >= 11 is 0. The number of amides is 3. The van der Waals surface area contributed by atoms with Crippen molar-refractivity contribution in [3.63, 3.8) is 0 Å². The van der Waals surface area contributed by atoms with Gasteiger partial charge in [0.15, 0.2) is 0 Å². The average Bonchev–Trinajstić information content (AvgIpc) is 3.29. The Bertz CT molecular complexity index is 845. The SMILES string of the molecule is CO[C@H]1[C@H](CNCc2cccc3c2C(=O)N(C2CCC(=O)NC2=O)C3)NC[C@H]1OC. The van der Waals surface area contributed by atoms with E-state index in [1.165, 1.54) is 0 Å². The number of benzene rings is 1. The number of carbonyl (C=O) groups excluding carboxylic acids is 3. The molecule has 0 aliphatic carbocycles. The molecule has 3 N–H and O–H groups in total. The Balaban J connectivity index is 1.41.